The highest BCUT2D eigenvalue weighted by atomic mass is 16.5. The van der Waals surface area contributed by atoms with Crippen molar-refractivity contribution in [1.82, 2.24) is 4.90 Å². The number of benzene rings is 2. The minimum absolute atomic E-state index is 0.149. The van der Waals surface area contributed by atoms with Gasteiger partial charge in [-0.1, -0.05) is 19.9 Å². The Morgan fingerprint density at radius 1 is 0.879 bits per heavy atom. The van der Waals surface area contributed by atoms with Crippen LogP contribution in [0.15, 0.2) is 36.4 Å². The first-order chi connectivity index (χ1) is 15.8. The molecule has 6 nitrogen and oxygen atoms in total. The fourth-order valence-electron chi connectivity index (χ4n) is 4.18. The number of likely N-dealkylation sites (N-methyl/N-ethyl adjacent to an activating group) is 1. The molecule has 0 radical (unpaired) electrons. The molecule has 33 heavy (non-hydrogen) atoms. The highest BCUT2D eigenvalue weighted by Crippen LogP contribution is 2.40. The molecule has 0 aliphatic rings. The monoisotopic (exact) mass is 454 g/mol. The van der Waals surface area contributed by atoms with Gasteiger partial charge in [-0.3, -0.25) is 0 Å². The number of hydrogen-bond donors (Lipinski definition) is 0. The summed E-state index contributed by atoms with van der Waals surface area (Å²) in [7, 11) is 8.69. The van der Waals surface area contributed by atoms with Crippen LogP contribution in [0, 0.1) is 17.2 Å². The van der Waals surface area contributed by atoms with Gasteiger partial charge in [0, 0.05) is 12.6 Å². The van der Waals surface area contributed by atoms with Crippen LogP contribution in [0.25, 0.3) is 0 Å². The Morgan fingerprint density at radius 3 is 2.03 bits per heavy atom. The summed E-state index contributed by atoms with van der Waals surface area (Å²) >= 11 is 0. The summed E-state index contributed by atoms with van der Waals surface area (Å²) in [5.74, 6) is 3.05. The van der Waals surface area contributed by atoms with E-state index >= 15 is 0 Å². The van der Waals surface area contributed by atoms with Crippen LogP contribution in [0.5, 0.6) is 23.0 Å². The van der Waals surface area contributed by atoms with E-state index < -0.39 is 5.41 Å². The number of nitriles is 1. The highest BCUT2D eigenvalue weighted by molar-refractivity contribution is 5.45. The normalized spacial score (nSPS) is 12.8. The van der Waals surface area contributed by atoms with Crippen LogP contribution in [0.1, 0.15) is 37.8 Å². The van der Waals surface area contributed by atoms with Crippen LogP contribution in [0.2, 0.25) is 0 Å². The molecule has 2 rings (SSSR count). The lowest BCUT2D eigenvalue weighted by atomic mass is 9.69. The van der Waals surface area contributed by atoms with Gasteiger partial charge in [-0.05, 0) is 74.2 Å². The van der Waals surface area contributed by atoms with E-state index in [2.05, 4.69) is 37.9 Å². The molecule has 180 valence electrons. The molecule has 0 heterocycles. The average molecular weight is 455 g/mol. The zero-order valence-corrected chi connectivity index (χ0v) is 21.1. The SMILES string of the molecule is COc1cc(OC)cc(C(C#N)(CCCN(C)CCc2ccc(OC)c(OC)c2)C(C)C)c1. The van der Waals surface area contributed by atoms with Crippen molar-refractivity contribution >= 4 is 0 Å². The molecule has 0 aliphatic carbocycles. The third kappa shape index (κ3) is 6.55. The first-order valence-electron chi connectivity index (χ1n) is 11.4. The summed E-state index contributed by atoms with van der Waals surface area (Å²) in [4.78, 5) is 2.31. The van der Waals surface area contributed by atoms with Crippen LogP contribution < -0.4 is 18.9 Å². The molecular formula is C27H38N2O4. The van der Waals surface area contributed by atoms with Crippen molar-refractivity contribution in [2.45, 2.75) is 38.5 Å². The lowest BCUT2D eigenvalue weighted by Gasteiger charge is -2.32. The first-order valence-corrected chi connectivity index (χ1v) is 11.4. The van der Waals surface area contributed by atoms with Crippen molar-refractivity contribution in [2.24, 2.45) is 5.92 Å². The molecule has 0 spiro atoms. The van der Waals surface area contributed by atoms with Crippen LogP contribution in [0.4, 0.5) is 0 Å². The minimum Gasteiger partial charge on any atom is -0.497 e. The summed E-state index contributed by atoms with van der Waals surface area (Å²) in [6.45, 7) is 6.04. The van der Waals surface area contributed by atoms with Crippen molar-refractivity contribution < 1.29 is 18.9 Å². The zero-order valence-electron chi connectivity index (χ0n) is 21.1. The first kappa shape index (κ1) is 26.3. The fraction of sp³-hybridized carbons (Fsp3) is 0.519. The topological polar surface area (TPSA) is 64.0 Å². The highest BCUT2D eigenvalue weighted by Gasteiger charge is 2.36. The molecule has 0 bridgehead atoms. The van der Waals surface area contributed by atoms with Crippen molar-refractivity contribution in [3.8, 4) is 29.1 Å². The van der Waals surface area contributed by atoms with Gasteiger partial charge in [0.05, 0.1) is 39.9 Å². The molecule has 2 aromatic rings. The summed E-state index contributed by atoms with van der Waals surface area (Å²) in [5, 5.41) is 10.3. The second kappa shape index (κ2) is 12.4. The number of ether oxygens (including phenoxy) is 4. The summed E-state index contributed by atoms with van der Waals surface area (Å²) in [5.41, 5.74) is 1.55. The molecule has 0 saturated heterocycles. The predicted octanol–water partition coefficient (Wildman–Crippen LogP) is 5.09. The van der Waals surface area contributed by atoms with Crippen LogP contribution in [-0.4, -0.2) is 53.5 Å². The van der Waals surface area contributed by atoms with Crippen LogP contribution >= 0.6 is 0 Å². The standard InChI is InChI=1S/C27H38N2O4/c1-20(2)27(19-28,22-16-23(30-4)18-24(17-22)31-5)12-8-13-29(3)14-11-21-9-10-25(32-6)26(15-21)33-7/h9-10,15-18,20H,8,11-14H2,1-7H3. The van der Waals surface area contributed by atoms with Crippen molar-refractivity contribution in [3.05, 3.63) is 47.5 Å². The summed E-state index contributed by atoms with van der Waals surface area (Å²) in [6, 6.07) is 14.5. The lowest BCUT2D eigenvalue weighted by molar-refractivity contribution is 0.292. The van der Waals surface area contributed by atoms with Gasteiger partial charge < -0.3 is 23.8 Å². The quantitative estimate of drug-likeness (QED) is 0.420. The van der Waals surface area contributed by atoms with Gasteiger partial charge in [0.1, 0.15) is 11.5 Å². The van der Waals surface area contributed by atoms with Gasteiger partial charge in [0.2, 0.25) is 0 Å². The molecule has 1 atom stereocenters. The Bertz CT molecular complexity index is 916. The van der Waals surface area contributed by atoms with Gasteiger partial charge >= 0.3 is 0 Å². The van der Waals surface area contributed by atoms with E-state index in [-0.39, 0.29) is 5.92 Å². The van der Waals surface area contributed by atoms with Gasteiger partial charge in [0.25, 0.3) is 0 Å². The average Bonchev–Trinajstić information content (AvgIpc) is 2.84. The van der Waals surface area contributed by atoms with Gasteiger partial charge in [-0.15, -0.1) is 0 Å². The van der Waals surface area contributed by atoms with E-state index in [0.717, 1.165) is 49.4 Å². The van der Waals surface area contributed by atoms with Crippen molar-refractivity contribution in [3.63, 3.8) is 0 Å². The second-order valence-corrected chi connectivity index (χ2v) is 8.69. The third-order valence-corrected chi connectivity index (χ3v) is 6.39. The maximum absolute atomic E-state index is 10.3. The zero-order chi connectivity index (χ0) is 24.4. The van der Waals surface area contributed by atoms with Gasteiger partial charge in [-0.2, -0.15) is 5.26 Å². The molecule has 0 saturated carbocycles. The summed E-state index contributed by atoms with van der Waals surface area (Å²) < 4.78 is 21.6. The van der Waals surface area contributed by atoms with E-state index in [1.807, 2.05) is 30.3 Å². The third-order valence-electron chi connectivity index (χ3n) is 6.39. The van der Waals surface area contributed by atoms with E-state index in [0.29, 0.717) is 11.5 Å². The molecule has 0 N–H and O–H groups in total. The van der Waals surface area contributed by atoms with Crippen molar-refractivity contribution in [2.75, 3.05) is 48.6 Å². The minimum atomic E-state index is -0.605. The van der Waals surface area contributed by atoms with E-state index in [4.69, 9.17) is 18.9 Å². The summed E-state index contributed by atoms with van der Waals surface area (Å²) in [6.07, 6.45) is 2.59. The Kier molecular flexibility index (Phi) is 9.87. The molecule has 0 aliphatic heterocycles. The van der Waals surface area contributed by atoms with E-state index in [1.165, 1.54) is 5.56 Å². The maximum atomic E-state index is 10.3. The molecule has 0 aromatic heterocycles. The number of nitrogens with zero attached hydrogens (tertiary/aromatic N) is 2. The second-order valence-electron chi connectivity index (χ2n) is 8.69. The smallest absolute Gasteiger partial charge is 0.160 e. The van der Waals surface area contributed by atoms with Crippen LogP contribution in [-0.2, 0) is 11.8 Å². The molecule has 2 aromatic carbocycles. The van der Waals surface area contributed by atoms with Crippen molar-refractivity contribution in [1.29, 1.82) is 5.26 Å². The molecule has 0 amide bonds. The fourth-order valence-corrected chi connectivity index (χ4v) is 4.18. The van der Waals surface area contributed by atoms with E-state index in [9.17, 15) is 5.26 Å². The number of rotatable bonds is 13. The van der Waals surface area contributed by atoms with Crippen LogP contribution in [0.3, 0.4) is 0 Å². The molecular weight excluding hydrogens is 416 g/mol. The Labute approximate surface area is 199 Å². The largest absolute Gasteiger partial charge is 0.497 e. The Balaban J connectivity index is 2.04. The Hall–Kier alpha value is -2.91. The van der Waals surface area contributed by atoms with Gasteiger partial charge in [0.15, 0.2) is 11.5 Å². The van der Waals surface area contributed by atoms with E-state index in [1.54, 1.807) is 28.4 Å². The molecule has 0 fully saturated rings. The number of methoxy groups -OCH3 is 4. The molecule has 1 unspecified atom stereocenters. The lowest BCUT2D eigenvalue weighted by Crippen LogP contribution is -2.32. The molecule has 6 heteroatoms. The van der Waals surface area contributed by atoms with Gasteiger partial charge in [-0.25, -0.2) is 0 Å². The Morgan fingerprint density at radius 2 is 1.52 bits per heavy atom. The number of hydrogen-bond acceptors (Lipinski definition) is 6. The maximum Gasteiger partial charge on any atom is 0.160 e. The predicted molar refractivity (Wildman–Crippen MR) is 132 cm³/mol.